The van der Waals surface area contributed by atoms with Crippen LogP contribution in [-0.2, 0) is 21.1 Å². The monoisotopic (exact) mass is 373 g/mol. The van der Waals surface area contributed by atoms with E-state index >= 15 is 0 Å². The number of hydrogen-bond acceptors (Lipinski definition) is 5. The predicted octanol–water partition coefficient (Wildman–Crippen LogP) is 1.69. The normalized spacial score (nSPS) is 22.0. The Bertz CT molecular complexity index is 749. The van der Waals surface area contributed by atoms with E-state index in [-0.39, 0.29) is 29.9 Å². The van der Waals surface area contributed by atoms with Crippen LogP contribution in [0.1, 0.15) is 18.4 Å². The Morgan fingerprint density at radius 1 is 1.33 bits per heavy atom. The van der Waals surface area contributed by atoms with Crippen LogP contribution in [0.25, 0.3) is 0 Å². The van der Waals surface area contributed by atoms with Gasteiger partial charge in [-0.05, 0) is 24.1 Å². The third-order valence-corrected chi connectivity index (χ3v) is 6.40. The highest BCUT2D eigenvalue weighted by Gasteiger charge is 2.32. The number of halogens is 1. The van der Waals surface area contributed by atoms with Crippen LogP contribution in [-0.4, -0.2) is 57.0 Å². The van der Waals surface area contributed by atoms with Crippen LogP contribution < -0.4 is 9.47 Å². The van der Waals surface area contributed by atoms with Crippen LogP contribution >= 0.6 is 11.6 Å². The predicted molar refractivity (Wildman–Crippen MR) is 90.6 cm³/mol. The van der Waals surface area contributed by atoms with E-state index in [0.717, 1.165) is 12.0 Å². The zero-order valence-electron chi connectivity index (χ0n) is 13.5. The van der Waals surface area contributed by atoms with Gasteiger partial charge < -0.3 is 14.4 Å². The van der Waals surface area contributed by atoms with Crippen molar-refractivity contribution in [3.63, 3.8) is 0 Å². The van der Waals surface area contributed by atoms with Gasteiger partial charge in [-0.15, -0.1) is 0 Å². The van der Waals surface area contributed by atoms with Gasteiger partial charge in [0, 0.05) is 19.5 Å². The van der Waals surface area contributed by atoms with E-state index in [2.05, 4.69) is 0 Å². The molecule has 2 aliphatic rings. The van der Waals surface area contributed by atoms with Crippen molar-refractivity contribution in [1.82, 2.24) is 4.90 Å². The highest BCUT2D eigenvalue weighted by Crippen LogP contribution is 2.38. The van der Waals surface area contributed by atoms with Gasteiger partial charge in [0.1, 0.15) is 0 Å². The summed E-state index contributed by atoms with van der Waals surface area (Å²) in [5.74, 6) is 1.11. The van der Waals surface area contributed by atoms with Crippen LogP contribution in [0.3, 0.4) is 0 Å². The van der Waals surface area contributed by atoms with E-state index in [1.54, 1.807) is 19.2 Å². The zero-order chi connectivity index (χ0) is 17.3. The minimum atomic E-state index is -3.02. The molecule has 0 aliphatic carbocycles. The van der Waals surface area contributed by atoms with Crippen molar-refractivity contribution < 1.29 is 22.7 Å². The zero-order valence-corrected chi connectivity index (χ0v) is 15.0. The van der Waals surface area contributed by atoms with Crippen molar-refractivity contribution in [1.29, 1.82) is 0 Å². The number of rotatable bonds is 3. The third kappa shape index (κ3) is 3.78. The van der Waals surface area contributed by atoms with E-state index in [9.17, 15) is 13.2 Å². The van der Waals surface area contributed by atoms with Crippen molar-refractivity contribution in [2.45, 2.75) is 25.3 Å². The number of nitrogens with zero attached hydrogens (tertiary/aromatic N) is 1. The average molecular weight is 374 g/mol. The number of carbonyl (C=O) groups excluding carboxylic acids is 1. The molecule has 0 aromatic heterocycles. The molecule has 132 valence electrons. The largest absolute Gasteiger partial charge is 0.489 e. The third-order valence-electron chi connectivity index (χ3n) is 4.37. The summed E-state index contributed by atoms with van der Waals surface area (Å²) >= 11 is 6.24. The molecule has 1 atom stereocenters. The van der Waals surface area contributed by atoms with E-state index in [1.807, 2.05) is 0 Å². The first-order valence-corrected chi connectivity index (χ1v) is 10.1. The van der Waals surface area contributed by atoms with Gasteiger partial charge in [-0.25, -0.2) is 8.42 Å². The van der Waals surface area contributed by atoms with Crippen molar-refractivity contribution in [3.05, 3.63) is 22.7 Å². The number of fused-ring (bicyclic) bond motifs is 1. The SMILES string of the molecule is CN(C(=O)Cc1cc(Cl)c2c(c1)OCCCO2)[C@H]1CCS(=O)(=O)C1. The molecule has 24 heavy (non-hydrogen) atoms. The van der Waals surface area contributed by atoms with Gasteiger partial charge >= 0.3 is 0 Å². The van der Waals surface area contributed by atoms with E-state index in [0.29, 0.717) is 36.2 Å². The fourth-order valence-electron chi connectivity index (χ4n) is 2.97. The van der Waals surface area contributed by atoms with Crippen molar-refractivity contribution >= 4 is 27.3 Å². The maximum absolute atomic E-state index is 12.5. The van der Waals surface area contributed by atoms with Crippen molar-refractivity contribution in [2.24, 2.45) is 0 Å². The lowest BCUT2D eigenvalue weighted by Crippen LogP contribution is -2.38. The Labute approximate surface area is 146 Å². The minimum Gasteiger partial charge on any atom is -0.489 e. The summed E-state index contributed by atoms with van der Waals surface area (Å²) in [6, 6.07) is 3.22. The lowest BCUT2D eigenvalue weighted by Gasteiger charge is -2.23. The van der Waals surface area contributed by atoms with E-state index in [4.69, 9.17) is 21.1 Å². The summed E-state index contributed by atoms with van der Waals surface area (Å²) in [6.45, 7) is 1.09. The van der Waals surface area contributed by atoms with Crippen molar-refractivity contribution in [2.75, 3.05) is 31.8 Å². The second-order valence-electron chi connectivity index (χ2n) is 6.19. The maximum Gasteiger partial charge on any atom is 0.227 e. The topological polar surface area (TPSA) is 72.9 Å². The molecule has 1 saturated heterocycles. The van der Waals surface area contributed by atoms with Gasteiger partial charge in [-0.2, -0.15) is 0 Å². The lowest BCUT2D eigenvalue weighted by molar-refractivity contribution is -0.130. The molecule has 2 aliphatic heterocycles. The minimum absolute atomic E-state index is 0.0388. The molecule has 0 unspecified atom stereocenters. The molecule has 0 saturated carbocycles. The average Bonchev–Trinajstić information content (AvgIpc) is 2.72. The molecule has 3 rings (SSSR count). The fraction of sp³-hybridized carbons (Fsp3) is 0.562. The van der Waals surface area contributed by atoms with Gasteiger partial charge in [0.05, 0.1) is 36.2 Å². The van der Waals surface area contributed by atoms with Crippen molar-refractivity contribution in [3.8, 4) is 11.5 Å². The molecular weight excluding hydrogens is 354 g/mol. The van der Waals surface area contributed by atoms with Gasteiger partial charge in [-0.1, -0.05) is 11.6 Å². The molecule has 6 nitrogen and oxygen atoms in total. The first-order valence-electron chi connectivity index (χ1n) is 7.90. The molecular formula is C16H20ClNO5S. The molecule has 8 heteroatoms. The second-order valence-corrected chi connectivity index (χ2v) is 8.83. The highest BCUT2D eigenvalue weighted by molar-refractivity contribution is 7.91. The van der Waals surface area contributed by atoms with Gasteiger partial charge in [0.15, 0.2) is 21.3 Å². The number of benzene rings is 1. The number of hydrogen-bond donors (Lipinski definition) is 0. The summed E-state index contributed by atoms with van der Waals surface area (Å²) < 4.78 is 34.4. The highest BCUT2D eigenvalue weighted by atomic mass is 35.5. The molecule has 0 spiro atoms. The summed E-state index contributed by atoms with van der Waals surface area (Å²) in [7, 11) is -1.37. The molecule has 2 heterocycles. The van der Waals surface area contributed by atoms with E-state index in [1.165, 1.54) is 4.90 Å². The smallest absolute Gasteiger partial charge is 0.227 e. The Kier molecular flexibility index (Phi) is 4.92. The summed E-state index contributed by atoms with van der Waals surface area (Å²) in [5.41, 5.74) is 0.724. The summed E-state index contributed by atoms with van der Waals surface area (Å²) in [4.78, 5) is 14.0. The standard InChI is InChI=1S/C16H20ClNO5S/c1-18(12-3-6-24(20,21)10-12)15(19)9-11-7-13(17)16-14(8-11)22-4-2-5-23-16/h7-8,12H,2-6,9-10H2,1H3/t12-/m0/s1. The number of amides is 1. The Hall–Kier alpha value is -1.47. The molecule has 1 fully saturated rings. The summed E-state index contributed by atoms with van der Waals surface area (Å²) in [5, 5.41) is 0.420. The molecule has 0 N–H and O–H groups in total. The number of sulfone groups is 1. The Morgan fingerprint density at radius 3 is 2.79 bits per heavy atom. The number of likely N-dealkylation sites (N-methyl/N-ethyl adjacent to an activating group) is 1. The van der Waals surface area contributed by atoms with Crippen LogP contribution in [0.5, 0.6) is 11.5 Å². The van der Waals surface area contributed by atoms with Crippen LogP contribution in [0.4, 0.5) is 0 Å². The van der Waals surface area contributed by atoms with Gasteiger partial charge in [0.25, 0.3) is 0 Å². The molecule has 1 aromatic carbocycles. The fourth-order valence-corrected chi connectivity index (χ4v) is 5.03. The van der Waals surface area contributed by atoms with Gasteiger partial charge in [0.2, 0.25) is 5.91 Å². The van der Waals surface area contributed by atoms with E-state index < -0.39 is 9.84 Å². The molecule has 1 amide bonds. The Morgan fingerprint density at radius 2 is 2.08 bits per heavy atom. The summed E-state index contributed by atoms with van der Waals surface area (Å²) in [6.07, 6.45) is 1.41. The Balaban J connectivity index is 1.72. The lowest BCUT2D eigenvalue weighted by atomic mass is 10.1. The molecule has 0 bridgehead atoms. The van der Waals surface area contributed by atoms with Gasteiger partial charge in [-0.3, -0.25) is 4.79 Å². The second kappa shape index (κ2) is 6.80. The molecule has 1 aromatic rings. The molecule has 0 radical (unpaired) electrons. The maximum atomic E-state index is 12.5. The quantitative estimate of drug-likeness (QED) is 0.806. The van der Waals surface area contributed by atoms with Crippen LogP contribution in [0, 0.1) is 0 Å². The number of carbonyl (C=O) groups is 1. The first-order chi connectivity index (χ1) is 11.4. The first kappa shape index (κ1) is 17.4. The van der Waals surface area contributed by atoms with Crippen LogP contribution in [0.2, 0.25) is 5.02 Å². The number of ether oxygens (including phenoxy) is 2. The van der Waals surface area contributed by atoms with Crippen LogP contribution in [0.15, 0.2) is 12.1 Å².